The molecule has 37 heavy (non-hydrogen) atoms. The van der Waals surface area contributed by atoms with Crippen LogP contribution in [0.2, 0.25) is 0 Å². The first-order valence-corrected chi connectivity index (χ1v) is 12.8. The molecule has 1 aliphatic rings. The third kappa shape index (κ3) is 5.30. The summed E-state index contributed by atoms with van der Waals surface area (Å²) in [6.07, 6.45) is 7.76. The van der Waals surface area contributed by atoms with Crippen molar-refractivity contribution < 1.29 is 4.74 Å². The molecule has 1 aliphatic heterocycles. The first-order chi connectivity index (χ1) is 18.2. The summed E-state index contributed by atoms with van der Waals surface area (Å²) >= 11 is 1.69. The van der Waals surface area contributed by atoms with Gasteiger partial charge in [0.15, 0.2) is 0 Å². The highest BCUT2D eigenvalue weighted by Gasteiger charge is 2.18. The van der Waals surface area contributed by atoms with E-state index in [9.17, 15) is 0 Å². The van der Waals surface area contributed by atoms with Gasteiger partial charge >= 0.3 is 0 Å². The van der Waals surface area contributed by atoms with Crippen LogP contribution in [0, 0.1) is 0 Å². The first-order valence-electron chi connectivity index (χ1n) is 12.0. The molecule has 0 bridgehead atoms. The van der Waals surface area contributed by atoms with E-state index >= 15 is 0 Å². The molecule has 0 radical (unpaired) electrons. The minimum Gasteiger partial charge on any atom is -0.378 e. The summed E-state index contributed by atoms with van der Waals surface area (Å²) in [5, 5.41) is 1.01. The number of nitrogens with zero attached hydrogens (tertiary/aromatic N) is 7. The summed E-state index contributed by atoms with van der Waals surface area (Å²) in [4.78, 5) is 30.5. The van der Waals surface area contributed by atoms with Crippen LogP contribution in [0.25, 0.3) is 33.0 Å². The summed E-state index contributed by atoms with van der Waals surface area (Å²) < 4.78 is 5.52. The van der Waals surface area contributed by atoms with Gasteiger partial charge in [0.1, 0.15) is 0 Å². The van der Waals surface area contributed by atoms with E-state index in [1.165, 1.54) is 5.56 Å². The number of hydrogen-bond acceptors (Lipinski definition) is 10. The van der Waals surface area contributed by atoms with E-state index in [1.54, 1.807) is 23.7 Å². The zero-order valence-corrected chi connectivity index (χ0v) is 20.8. The lowest BCUT2D eigenvalue weighted by atomic mass is 10.1. The molecule has 2 N–H and O–H groups in total. The topological polar surface area (TPSA) is 116 Å². The van der Waals surface area contributed by atoms with Gasteiger partial charge in [0.2, 0.25) is 11.9 Å². The monoisotopic (exact) mass is 508 g/mol. The van der Waals surface area contributed by atoms with Gasteiger partial charge in [0.25, 0.3) is 0 Å². The number of rotatable bonds is 6. The Balaban J connectivity index is 1.32. The predicted octanol–water partition coefficient (Wildman–Crippen LogP) is 4.13. The van der Waals surface area contributed by atoms with Gasteiger partial charge in [-0.1, -0.05) is 30.3 Å². The predicted molar refractivity (Wildman–Crippen MR) is 144 cm³/mol. The highest BCUT2D eigenvalue weighted by Crippen LogP contribution is 2.29. The van der Waals surface area contributed by atoms with Gasteiger partial charge in [-0.2, -0.15) is 0 Å². The normalized spacial score (nSPS) is 13.6. The lowest BCUT2D eigenvalue weighted by Gasteiger charge is -2.27. The van der Waals surface area contributed by atoms with Gasteiger partial charge in [-0.25, -0.2) is 24.9 Å². The largest absolute Gasteiger partial charge is 0.378 e. The fraction of sp³-hybridized carbons (Fsp3) is 0.185. The molecule has 1 fully saturated rings. The van der Waals surface area contributed by atoms with Crippen LogP contribution in [0.15, 0.2) is 73.3 Å². The second-order valence-corrected chi connectivity index (χ2v) is 9.68. The number of hydrogen-bond donors (Lipinski definition) is 1. The second kappa shape index (κ2) is 10.4. The highest BCUT2D eigenvalue weighted by atomic mass is 32.1. The third-order valence-electron chi connectivity index (χ3n) is 6.03. The van der Waals surface area contributed by atoms with Crippen molar-refractivity contribution in [1.29, 1.82) is 0 Å². The standard InChI is InChI=1S/C27H24N8OS/c28-26-31-15-20(16-32-26)23-14-22(33-27(34-23)35-8-10-36-11-9-35)19-6-7-29-21(12-19)13-25-30-17-24(37-25)18-4-2-1-3-5-18/h1-7,12,14-17H,8-11,13H2,(H2,28,31,32). The number of morpholine rings is 1. The van der Waals surface area contributed by atoms with Crippen LogP contribution in [0.3, 0.4) is 0 Å². The molecule has 0 aliphatic carbocycles. The SMILES string of the molecule is Nc1ncc(-c2cc(-c3ccnc(Cc4ncc(-c5ccccc5)s4)c3)nc(N3CCOCC3)n2)cn1. The van der Waals surface area contributed by atoms with Gasteiger partial charge in [-0.15, -0.1) is 11.3 Å². The minimum absolute atomic E-state index is 0.225. The Bertz CT molecular complexity index is 1500. The molecule has 6 rings (SSSR count). The molecule has 5 heterocycles. The van der Waals surface area contributed by atoms with Crippen molar-refractivity contribution in [3.63, 3.8) is 0 Å². The Morgan fingerprint density at radius 2 is 1.57 bits per heavy atom. The molecule has 1 saturated heterocycles. The number of ether oxygens (including phenoxy) is 1. The van der Waals surface area contributed by atoms with E-state index in [-0.39, 0.29) is 5.95 Å². The molecule has 184 valence electrons. The molecule has 0 amide bonds. The number of anilines is 2. The van der Waals surface area contributed by atoms with Gasteiger partial charge in [-0.05, 0) is 23.8 Å². The van der Waals surface area contributed by atoms with Crippen LogP contribution in [0.5, 0.6) is 0 Å². The molecule has 0 atom stereocenters. The molecule has 1 aromatic carbocycles. The molecule has 9 nitrogen and oxygen atoms in total. The quantitative estimate of drug-likeness (QED) is 0.361. The maximum Gasteiger partial charge on any atom is 0.226 e. The second-order valence-electron chi connectivity index (χ2n) is 8.56. The number of pyridine rings is 1. The Morgan fingerprint density at radius 3 is 2.35 bits per heavy atom. The Kier molecular flexibility index (Phi) is 6.49. The molecular formula is C27H24N8OS. The molecule has 0 saturated carbocycles. The average molecular weight is 509 g/mol. The Morgan fingerprint density at radius 1 is 0.811 bits per heavy atom. The van der Waals surface area contributed by atoms with E-state index in [4.69, 9.17) is 20.4 Å². The van der Waals surface area contributed by atoms with Gasteiger partial charge < -0.3 is 15.4 Å². The smallest absolute Gasteiger partial charge is 0.226 e. The van der Waals surface area contributed by atoms with Crippen LogP contribution in [0.4, 0.5) is 11.9 Å². The lowest BCUT2D eigenvalue weighted by Crippen LogP contribution is -2.37. The third-order valence-corrected chi connectivity index (χ3v) is 7.08. The number of nitrogens with two attached hydrogens (primary N) is 1. The summed E-state index contributed by atoms with van der Waals surface area (Å²) in [6, 6.07) is 16.3. The van der Waals surface area contributed by atoms with Crippen LogP contribution < -0.4 is 10.6 Å². The Labute approximate surface area is 218 Å². The van der Waals surface area contributed by atoms with E-state index < -0.39 is 0 Å². The summed E-state index contributed by atoms with van der Waals surface area (Å²) in [5.74, 6) is 0.876. The number of aromatic nitrogens is 6. The van der Waals surface area contributed by atoms with Crippen molar-refractivity contribution in [3.05, 3.63) is 84.0 Å². The summed E-state index contributed by atoms with van der Waals surface area (Å²) in [7, 11) is 0. The van der Waals surface area contributed by atoms with Crippen molar-refractivity contribution >= 4 is 23.2 Å². The van der Waals surface area contributed by atoms with Crippen molar-refractivity contribution in [2.75, 3.05) is 36.9 Å². The molecule has 10 heteroatoms. The fourth-order valence-electron chi connectivity index (χ4n) is 4.12. The highest BCUT2D eigenvalue weighted by molar-refractivity contribution is 7.15. The van der Waals surface area contributed by atoms with Crippen molar-refractivity contribution in [2.45, 2.75) is 6.42 Å². The fourth-order valence-corrected chi connectivity index (χ4v) is 5.06. The van der Waals surface area contributed by atoms with Gasteiger partial charge in [0.05, 0.1) is 34.5 Å². The zero-order chi connectivity index (χ0) is 25.0. The summed E-state index contributed by atoms with van der Waals surface area (Å²) in [6.45, 7) is 2.76. The van der Waals surface area contributed by atoms with Crippen molar-refractivity contribution in [3.8, 4) is 33.0 Å². The summed E-state index contributed by atoms with van der Waals surface area (Å²) in [5.41, 5.74) is 11.1. The number of benzene rings is 1. The lowest BCUT2D eigenvalue weighted by molar-refractivity contribution is 0.122. The number of thiazole rings is 1. The van der Waals surface area contributed by atoms with Gasteiger partial charge in [0, 0.05) is 61.1 Å². The average Bonchev–Trinajstić information content (AvgIpc) is 3.43. The molecular weight excluding hydrogens is 484 g/mol. The van der Waals surface area contributed by atoms with Crippen LogP contribution >= 0.6 is 11.3 Å². The number of nitrogen functional groups attached to an aromatic ring is 1. The maximum absolute atomic E-state index is 5.70. The maximum atomic E-state index is 5.70. The van der Waals surface area contributed by atoms with Crippen LogP contribution in [0.1, 0.15) is 10.7 Å². The first kappa shape index (κ1) is 23.1. The van der Waals surface area contributed by atoms with Crippen LogP contribution in [-0.2, 0) is 11.2 Å². The van der Waals surface area contributed by atoms with Gasteiger partial charge in [-0.3, -0.25) is 4.98 Å². The minimum atomic E-state index is 0.225. The van der Waals surface area contributed by atoms with E-state index in [1.807, 2.05) is 42.7 Å². The van der Waals surface area contributed by atoms with E-state index in [2.05, 4.69) is 43.0 Å². The molecule has 0 unspecified atom stereocenters. The molecule has 5 aromatic rings. The molecule has 0 spiro atoms. The zero-order valence-electron chi connectivity index (χ0n) is 20.0. The van der Waals surface area contributed by atoms with Crippen LogP contribution in [-0.4, -0.2) is 56.2 Å². The van der Waals surface area contributed by atoms with Crippen molar-refractivity contribution in [1.82, 2.24) is 29.9 Å². The van der Waals surface area contributed by atoms with E-state index in [0.29, 0.717) is 25.6 Å². The Hall–Kier alpha value is -4.28. The van der Waals surface area contributed by atoms with Crippen molar-refractivity contribution in [2.24, 2.45) is 0 Å². The van der Waals surface area contributed by atoms with E-state index in [0.717, 1.165) is 51.2 Å². The molecule has 4 aromatic heterocycles.